The van der Waals surface area contributed by atoms with Gasteiger partial charge in [-0.3, -0.25) is 4.79 Å². The average molecular weight is 243 g/mol. The topological polar surface area (TPSA) is 60.9 Å². The summed E-state index contributed by atoms with van der Waals surface area (Å²) in [7, 11) is 0. The number of hydrogen-bond acceptors (Lipinski definition) is 2. The van der Waals surface area contributed by atoms with Crippen molar-refractivity contribution >= 4 is 5.91 Å². The van der Waals surface area contributed by atoms with E-state index in [2.05, 4.69) is 23.4 Å². The molecule has 4 nitrogen and oxygen atoms in total. The Kier molecular flexibility index (Phi) is 3.46. The number of rotatable bonds is 4. The van der Waals surface area contributed by atoms with Gasteiger partial charge in [0.05, 0.1) is 0 Å². The van der Waals surface area contributed by atoms with E-state index in [1.807, 2.05) is 24.5 Å². The molecule has 0 saturated carbocycles. The van der Waals surface area contributed by atoms with E-state index < -0.39 is 5.91 Å². The lowest BCUT2D eigenvalue weighted by atomic mass is 10.1. The maximum atomic E-state index is 11.0. The molecule has 0 bridgehead atoms. The van der Waals surface area contributed by atoms with Gasteiger partial charge in [0, 0.05) is 30.4 Å². The second-order valence-electron chi connectivity index (χ2n) is 4.63. The molecule has 0 spiro atoms. The van der Waals surface area contributed by atoms with Crippen LogP contribution in [0.3, 0.4) is 0 Å². The molecular weight excluding hydrogens is 226 g/mol. The molecule has 0 atom stereocenters. The lowest BCUT2D eigenvalue weighted by Gasteiger charge is -2.10. The van der Waals surface area contributed by atoms with E-state index in [9.17, 15) is 4.79 Å². The standard InChI is InChI=1S/C14H17N3O/c1-10(2)14-16-7-8-17(14)9-11-3-5-12(6-4-11)13(15)18/h3-8,10H,9H2,1-2H3,(H2,15,18). The highest BCUT2D eigenvalue weighted by Gasteiger charge is 2.07. The van der Waals surface area contributed by atoms with E-state index in [4.69, 9.17) is 5.73 Å². The van der Waals surface area contributed by atoms with Crippen LogP contribution in [0.1, 0.15) is 41.5 Å². The van der Waals surface area contributed by atoms with Crippen molar-refractivity contribution in [1.82, 2.24) is 9.55 Å². The van der Waals surface area contributed by atoms with Crippen LogP contribution in [0.15, 0.2) is 36.7 Å². The minimum absolute atomic E-state index is 0.393. The number of carbonyl (C=O) groups excluding carboxylic acids is 1. The van der Waals surface area contributed by atoms with Gasteiger partial charge in [-0.15, -0.1) is 0 Å². The summed E-state index contributed by atoms with van der Waals surface area (Å²) in [5, 5.41) is 0. The molecule has 0 radical (unpaired) electrons. The number of carbonyl (C=O) groups is 1. The first kappa shape index (κ1) is 12.4. The van der Waals surface area contributed by atoms with Crippen molar-refractivity contribution < 1.29 is 4.79 Å². The second kappa shape index (κ2) is 5.04. The normalized spacial score (nSPS) is 10.8. The van der Waals surface area contributed by atoms with Gasteiger partial charge in [-0.2, -0.15) is 0 Å². The van der Waals surface area contributed by atoms with Crippen molar-refractivity contribution in [3.8, 4) is 0 Å². The summed E-state index contributed by atoms with van der Waals surface area (Å²) in [6, 6.07) is 7.35. The zero-order valence-electron chi connectivity index (χ0n) is 10.6. The molecule has 1 heterocycles. The smallest absolute Gasteiger partial charge is 0.248 e. The van der Waals surface area contributed by atoms with Gasteiger partial charge in [-0.05, 0) is 17.7 Å². The highest BCUT2D eigenvalue weighted by atomic mass is 16.1. The highest BCUT2D eigenvalue weighted by Crippen LogP contribution is 2.14. The number of nitrogens with two attached hydrogens (primary N) is 1. The van der Waals surface area contributed by atoms with Gasteiger partial charge in [0.25, 0.3) is 0 Å². The van der Waals surface area contributed by atoms with Gasteiger partial charge >= 0.3 is 0 Å². The summed E-state index contributed by atoms with van der Waals surface area (Å²) in [5.74, 6) is 1.06. The molecule has 0 aliphatic rings. The van der Waals surface area contributed by atoms with Gasteiger partial charge in [0.2, 0.25) is 5.91 Å². The zero-order chi connectivity index (χ0) is 13.1. The maximum Gasteiger partial charge on any atom is 0.248 e. The Hall–Kier alpha value is -2.10. The van der Waals surface area contributed by atoms with Gasteiger partial charge < -0.3 is 10.3 Å². The Morgan fingerprint density at radius 1 is 1.33 bits per heavy atom. The Morgan fingerprint density at radius 3 is 2.56 bits per heavy atom. The fourth-order valence-corrected chi connectivity index (χ4v) is 1.93. The van der Waals surface area contributed by atoms with E-state index in [0.29, 0.717) is 11.5 Å². The summed E-state index contributed by atoms with van der Waals surface area (Å²) in [6.07, 6.45) is 3.78. The van der Waals surface area contributed by atoms with Gasteiger partial charge in [0.15, 0.2) is 0 Å². The number of hydrogen-bond donors (Lipinski definition) is 1. The minimum atomic E-state index is -0.396. The lowest BCUT2D eigenvalue weighted by molar-refractivity contribution is 0.100. The SMILES string of the molecule is CC(C)c1nccn1Cc1ccc(C(N)=O)cc1. The monoisotopic (exact) mass is 243 g/mol. The molecule has 2 aromatic rings. The summed E-state index contributed by atoms with van der Waals surface area (Å²) in [6.45, 7) is 5.00. The van der Waals surface area contributed by atoms with E-state index in [0.717, 1.165) is 17.9 Å². The fraction of sp³-hybridized carbons (Fsp3) is 0.286. The molecule has 2 N–H and O–H groups in total. The first-order valence-corrected chi connectivity index (χ1v) is 5.97. The summed E-state index contributed by atoms with van der Waals surface area (Å²) >= 11 is 0. The molecule has 94 valence electrons. The second-order valence-corrected chi connectivity index (χ2v) is 4.63. The van der Waals surface area contributed by atoms with Crippen LogP contribution in [0.2, 0.25) is 0 Å². The van der Waals surface area contributed by atoms with E-state index >= 15 is 0 Å². The van der Waals surface area contributed by atoms with E-state index in [1.165, 1.54) is 0 Å². The number of nitrogens with zero attached hydrogens (tertiary/aromatic N) is 2. The van der Waals surface area contributed by atoms with Crippen LogP contribution in [0.4, 0.5) is 0 Å². The van der Waals surface area contributed by atoms with Gasteiger partial charge in [0.1, 0.15) is 5.82 Å². The molecule has 1 aromatic heterocycles. The van der Waals surface area contributed by atoms with E-state index in [1.54, 1.807) is 12.1 Å². The van der Waals surface area contributed by atoms with Crippen LogP contribution in [0.25, 0.3) is 0 Å². The Balaban J connectivity index is 2.18. The molecule has 0 fully saturated rings. The Bertz CT molecular complexity index is 540. The third-order valence-corrected chi connectivity index (χ3v) is 2.86. The number of benzene rings is 1. The number of amides is 1. The maximum absolute atomic E-state index is 11.0. The number of primary amides is 1. The summed E-state index contributed by atoms with van der Waals surface area (Å²) in [4.78, 5) is 15.3. The molecular formula is C14H17N3O. The highest BCUT2D eigenvalue weighted by molar-refractivity contribution is 5.92. The van der Waals surface area contributed by atoms with Crippen molar-refractivity contribution in [3.63, 3.8) is 0 Å². The molecule has 0 unspecified atom stereocenters. The molecule has 0 aliphatic heterocycles. The lowest BCUT2D eigenvalue weighted by Crippen LogP contribution is -2.11. The third kappa shape index (κ3) is 2.59. The van der Waals surface area contributed by atoms with Gasteiger partial charge in [-0.1, -0.05) is 26.0 Å². The van der Waals surface area contributed by atoms with Crippen LogP contribution >= 0.6 is 0 Å². The number of imidazole rings is 1. The van der Waals surface area contributed by atoms with E-state index in [-0.39, 0.29) is 0 Å². The van der Waals surface area contributed by atoms with Crippen LogP contribution < -0.4 is 5.73 Å². The van der Waals surface area contributed by atoms with Crippen molar-refractivity contribution in [2.24, 2.45) is 5.73 Å². The average Bonchev–Trinajstić information content (AvgIpc) is 2.78. The van der Waals surface area contributed by atoms with Crippen LogP contribution in [-0.4, -0.2) is 15.5 Å². The molecule has 1 amide bonds. The molecule has 0 saturated heterocycles. The predicted octanol–water partition coefficient (Wildman–Crippen LogP) is 2.15. The van der Waals surface area contributed by atoms with Crippen molar-refractivity contribution in [2.75, 3.05) is 0 Å². The fourth-order valence-electron chi connectivity index (χ4n) is 1.93. The van der Waals surface area contributed by atoms with Gasteiger partial charge in [-0.25, -0.2) is 4.98 Å². The quantitative estimate of drug-likeness (QED) is 0.894. The molecule has 2 rings (SSSR count). The molecule has 18 heavy (non-hydrogen) atoms. The predicted molar refractivity (Wildman–Crippen MR) is 70.4 cm³/mol. The molecule has 1 aromatic carbocycles. The Morgan fingerprint density at radius 2 is 2.00 bits per heavy atom. The molecule has 0 aliphatic carbocycles. The van der Waals surface area contributed by atoms with Crippen LogP contribution in [0.5, 0.6) is 0 Å². The third-order valence-electron chi connectivity index (χ3n) is 2.86. The number of aromatic nitrogens is 2. The van der Waals surface area contributed by atoms with Crippen molar-refractivity contribution in [1.29, 1.82) is 0 Å². The summed E-state index contributed by atoms with van der Waals surface area (Å²) in [5.41, 5.74) is 6.87. The first-order chi connectivity index (χ1) is 8.58. The summed E-state index contributed by atoms with van der Waals surface area (Å²) < 4.78 is 2.12. The van der Waals surface area contributed by atoms with Crippen molar-refractivity contribution in [3.05, 3.63) is 53.6 Å². The largest absolute Gasteiger partial charge is 0.366 e. The first-order valence-electron chi connectivity index (χ1n) is 5.97. The Labute approximate surface area is 106 Å². The minimum Gasteiger partial charge on any atom is -0.366 e. The van der Waals surface area contributed by atoms with Crippen LogP contribution in [0, 0.1) is 0 Å². The van der Waals surface area contributed by atoms with Crippen LogP contribution in [-0.2, 0) is 6.54 Å². The zero-order valence-corrected chi connectivity index (χ0v) is 10.6. The molecule has 4 heteroatoms. The van der Waals surface area contributed by atoms with Crippen molar-refractivity contribution in [2.45, 2.75) is 26.3 Å².